The lowest BCUT2D eigenvalue weighted by atomic mass is 9.83. The Hall–Kier alpha value is -4.02. The van der Waals surface area contributed by atoms with Crippen LogP contribution in [0.25, 0.3) is 0 Å². The van der Waals surface area contributed by atoms with Crippen molar-refractivity contribution in [3.05, 3.63) is 99.7 Å². The zero-order valence-corrected chi connectivity index (χ0v) is 17.5. The van der Waals surface area contributed by atoms with Gasteiger partial charge in [-0.25, -0.2) is 9.18 Å². The standard InChI is InChI=1S/C24H16ClFN2O4/c1-30-14-5-2-4-13(10-14)24(29)31-15-8-9-16-20(11-15)32-23(28)17(12-27)21(16)22-18(25)6-3-7-19(22)26/h2-11,21H,28H2,1H3/t21-/m0/s1. The third-order valence-corrected chi connectivity index (χ3v) is 5.32. The van der Waals surface area contributed by atoms with Crippen molar-refractivity contribution in [2.24, 2.45) is 5.73 Å². The Morgan fingerprint density at radius 3 is 2.66 bits per heavy atom. The van der Waals surface area contributed by atoms with E-state index in [2.05, 4.69) is 0 Å². The maximum Gasteiger partial charge on any atom is 0.343 e. The molecule has 160 valence electrons. The van der Waals surface area contributed by atoms with Crippen molar-refractivity contribution in [3.63, 3.8) is 0 Å². The normalized spacial score (nSPS) is 14.8. The average molecular weight is 451 g/mol. The van der Waals surface area contributed by atoms with Crippen LogP contribution in [0.3, 0.4) is 0 Å². The molecule has 0 aromatic heterocycles. The molecule has 1 aliphatic rings. The number of methoxy groups -OCH3 is 1. The Labute approximate surface area is 188 Å². The minimum absolute atomic E-state index is 0.0330. The first-order chi connectivity index (χ1) is 15.4. The molecule has 0 saturated heterocycles. The molecule has 0 saturated carbocycles. The number of nitriles is 1. The van der Waals surface area contributed by atoms with E-state index in [-0.39, 0.29) is 33.5 Å². The van der Waals surface area contributed by atoms with Crippen LogP contribution in [-0.2, 0) is 0 Å². The second kappa shape index (κ2) is 8.61. The first kappa shape index (κ1) is 21.2. The molecule has 1 heterocycles. The Balaban J connectivity index is 1.72. The van der Waals surface area contributed by atoms with E-state index in [1.54, 1.807) is 30.3 Å². The molecule has 0 bridgehead atoms. The lowest BCUT2D eigenvalue weighted by molar-refractivity contribution is 0.0734. The number of nitrogens with two attached hydrogens (primary N) is 1. The molecule has 0 radical (unpaired) electrons. The summed E-state index contributed by atoms with van der Waals surface area (Å²) in [6.07, 6.45) is 0. The molecule has 1 atom stereocenters. The van der Waals surface area contributed by atoms with Crippen molar-refractivity contribution in [2.75, 3.05) is 7.11 Å². The maximum atomic E-state index is 14.7. The van der Waals surface area contributed by atoms with Crippen molar-refractivity contribution >= 4 is 17.6 Å². The number of fused-ring (bicyclic) bond motifs is 1. The van der Waals surface area contributed by atoms with Crippen LogP contribution in [0, 0.1) is 17.1 Å². The van der Waals surface area contributed by atoms with E-state index in [1.807, 2.05) is 6.07 Å². The molecule has 4 rings (SSSR count). The van der Waals surface area contributed by atoms with Crippen molar-refractivity contribution in [2.45, 2.75) is 5.92 Å². The molecule has 8 heteroatoms. The van der Waals surface area contributed by atoms with E-state index in [1.165, 1.54) is 37.4 Å². The smallest absolute Gasteiger partial charge is 0.343 e. The van der Waals surface area contributed by atoms with Gasteiger partial charge in [0, 0.05) is 22.2 Å². The van der Waals surface area contributed by atoms with E-state index in [4.69, 9.17) is 31.5 Å². The van der Waals surface area contributed by atoms with Crippen molar-refractivity contribution in [1.29, 1.82) is 5.26 Å². The largest absolute Gasteiger partial charge is 0.497 e. The number of allylic oxidation sites excluding steroid dienone is 1. The van der Waals surface area contributed by atoms with Gasteiger partial charge in [0.05, 0.1) is 18.6 Å². The number of rotatable bonds is 4. The average Bonchev–Trinajstić information content (AvgIpc) is 2.78. The summed E-state index contributed by atoms with van der Waals surface area (Å²) in [5.74, 6) is -1.31. The summed E-state index contributed by atoms with van der Waals surface area (Å²) in [4.78, 5) is 12.5. The molecule has 0 spiro atoms. The molecule has 0 unspecified atom stereocenters. The number of carbonyl (C=O) groups excluding carboxylic acids is 1. The number of ether oxygens (including phenoxy) is 3. The van der Waals surface area contributed by atoms with E-state index >= 15 is 0 Å². The van der Waals surface area contributed by atoms with Gasteiger partial charge in [0.2, 0.25) is 5.88 Å². The summed E-state index contributed by atoms with van der Waals surface area (Å²) < 4.78 is 30.8. The highest BCUT2D eigenvalue weighted by atomic mass is 35.5. The number of carbonyl (C=O) groups is 1. The molecule has 0 aliphatic carbocycles. The summed E-state index contributed by atoms with van der Waals surface area (Å²) in [7, 11) is 1.50. The van der Waals surface area contributed by atoms with Crippen LogP contribution in [0.1, 0.15) is 27.4 Å². The van der Waals surface area contributed by atoms with Crippen LogP contribution >= 0.6 is 11.6 Å². The Morgan fingerprint density at radius 2 is 1.94 bits per heavy atom. The number of esters is 1. The SMILES string of the molecule is COc1cccc(C(=O)Oc2ccc3c(c2)OC(N)=C(C#N)[C@H]3c2c(F)cccc2Cl)c1. The molecular weight excluding hydrogens is 435 g/mol. The molecule has 32 heavy (non-hydrogen) atoms. The molecule has 6 nitrogen and oxygen atoms in total. The monoisotopic (exact) mass is 450 g/mol. The molecule has 3 aromatic carbocycles. The fraction of sp³-hybridized carbons (Fsp3) is 0.0833. The molecule has 1 aliphatic heterocycles. The van der Waals surface area contributed by atoms with Crippen LogP contribution in [0.2, 0.25) is 5.02 Å². The number of hydrogen-bond acceptors (Lipinski definition) is 6. The van der Waals surface area contributed by atoms with Crippen LogP contribution in [-0.4, -0.2) is 13.1 Å². The lowest BCUT2D eigenvalue weighted by Gasteiger charge is -2.27. The summed E-state index contributed by atoms with van der Waals surface area (Å²) in [5, 5.41) is 9.78. The van der Waals surface area contributed by atoms with Crippen LogP contribution in [0.5, 0.6) is 17.2 Å². The number of halogens is 2. The predicted molar refractivity (Wildman–Crippen MR) is 115 cm³/mol. The minimum atomic E-state index is -0.874. The summed E-state index contributed by atoms with van der Waals surface area (Å²) in [5.41, 5.74) is 6.86. The van der Waals surface area contributed by atoms with Crippen LogP contribution < -0.4 is 19.9 Å². The van der Waals surface area contributed by atoms with Gasteiger partial charge in [-0.05, 0) is 36.4 Å². The van der Waals surface area contributed by atoms with Crippen molar-refractivity contribution in [1.82, 2.24) is 0 Å². The molecule has 0 fully saturated rings. The number of nitrogens with zero attached hydrogens (tertiary/aromatic N) is 1. The highest BCUT2D eigenvalue weighted by Gasteiger charge is 2.34. The Bertz CT molecular complexity index is 1280. The number of benzene rings is 3. The highest BCUT2D eigenvalue weighted by molar-refractivity contribution is 6.31. The zero-order valence-electron chi connectivity index (χ0n) is 16.8. The quantitative estimate of drug-likeness (QED) is 0.447. The first-order valence-electron chi connectivity index (χ1n) is 9.44. The van der Waals surface area contributed by atoms with Gasteiger partial charge in [0.15, 0.2) is 0 Å². The van der Waals surface area contributed by atoms with E-state index < -0.39 is 17.7 Å². The maximum absolute atomic E-state index is 14.7. The van der Waals surface area contributed by atoms with Gasteiger partial charge in [-0.3, -0.25) is 0 Å². The summed E-state index contributed by atoms with van der Waals surface area (Å²) in [6.45, 7) is 0. The second-order valence-electron chi connectivity index (χ2n) is 6.88. The van der Waals surface area contributed by atoms with Gasteiger partial charge in [0.25, 0.3) is 0 Å². The fourth-order valence-electron chi connectivity index (χ4n) is 3.50. The van der Waals surface area contributed by atoms with Gasteiger partial charge in [-0.1, -0.05) is 29.8 Å². The molecule has 2 N–H and O–H groups in total. The van der Waals surface area contributed by atoms with Gasteiger partial charge >= 0.3 is 5.97 Å². The summed E-state index contributed by atoms with van der Waals surface area (Å²) >= 11 is 6.26. The van der Waals surface area contributed by atoms with Gasteiger partial charge in [0.1, 0.15) is 34.7 Å². The van der Waals surface area contributed by atoms with Crippen molar-refractivity contribution < 1.29 is 23.4 Å². The van der Waals surface area contributed by atoms with E-state index in [0.717, 1.165) is 0 Å². The Kier molecular flexibility index (Phi) is 5.71. The topological polar surface area (TPSA) is 94.6 Å². The third-order valence-electron chi connectivity index (χ3n) is 4.99. The van der Waals surface area contributed by atoms with E-state index in [9.17, 15) is 14.4 Å². The lowest BCUT2D eigenvalue weighted by Crippen LogP contribution is -2.22. The highest BCUT2D eigenvalue weighted by Crippen LogP contribution is 2.46. The summed E-state index contributed by atoms with van der Waals surface area (Å²) in [6, 6.07) is 17.3. The van der Waals surface area contributed by atoms with Crippen LogP contribution in [0.4, 0.5) is 4.39 Å². The van der Waals surface area contributed by atoms with Gasteiger partial charge < -0.3 is 19.9 Å². The molecule has 3 aromatic rings. The second-order valence-corrected chi connectivity index (χ2v) is 7.29. The van der Waals surface area contributed by atoms with Gasteiger partial charge in [-0.2, -0.15) is 5.26 Å². The first-order valence-corrected chi connectivity index (χ1v) is 9.82. The third kappa shape index (κ3) is 3.84. The van der Waals surface area contributed by atoms with Crippen molar-refractivity contribution in [3.8, 4) is 23.3 Å². The van der Waals surface area contributed by atoms with E-state index in [0.29, 0.717) is 16.9 Å². The molecule has 0 amide bonds. The van der Waals surface area contributed by atoms with Crippen LogP contribution in [0.15, 0.2) is 72.1 Å². The number of hydrogen-bond donors (Lipinski definition) is 1. The Morgan fingerprint density at radius 1 is 1.16 bits per heavy atom. The predicted octanol–water partition coefficient (Wildman–Crippen LogP) is 4.93. The zero-order chi connectivity index (χ0) is 22.8. The molecular formula is C24H16ClFN2O4. The minimum Gasteiger partial charge on any atom is -0.497 e. The fourth-order valence-corrected chi connectivity index (χ4v) is 3.77. The van der Waals surface area contributed by atoms with Gasteiger partial charge in [-0.15, -0.1) is 0 Å².